The van der Waals surface area contributed by atoms with Crippen molar-refractivity contribution in [3.8, 4) is 10.6 Å². The van der Waals surface area contributed by atoms with Gasteiger partial charge in [-0.2, -0.15) is 5.10 Å². The molecule has 0 aromatic carbocycles. The van der Waals surface area contributed by atoms with E-state index in [9.17, 15) is 4.79 Å². The highest BCUT2D eigenvalue weighted by Crippen LogP contribution is 2.28. The second kappa shape index (κ2) is 5.99. The fourth-order valence-corrected chi connectivity index (χ4v) is 3.69. The first-order chi connectivity index (χ1) is 10.1. The summed E-state index contributed by atoms with van der Waals surface area (Å²) in [6, 6.07) is 4.14. The number of primary amides is 1. The molecule has 0 saturated carbocycles. The first kappa shape index (κ1) is 14.3. The zero-order chi connectivity index (χ0) is 14.8. The Balaban J connectivity index is 1.77. The van der Waals surface area contributed by atoms with Gasteiger partial charge in [0, 0.05) is 31.9 Å². The van der Waals surface area contributed by atoms with E-state index in [1.807, 2.05) is 17.8 Å². The third-order valence-corrected chi connectivity index (χ3v) is 4.84. The number of nitrogens with two attached hydrogens (primary N) is 1. The largest absolute Gasteiger partial charge is 0.369 e. The van der Waals surface area contributed by atoms with Crippen molar-refractivity contribution in [1.29, 1.82) is 0 Å². The maximum atomic E-state index is 11.4. The van der Waals surface area contributed by atoms with Crippen molar-refractivity contribution in [2.24, 2.45) is 18.7 Å². The number of carbonyl (C=O) groups excluding carboxylic acids is 1. The number of aryl methyl sites for hydroxylation is 1. The van der Waals surface area contributed by atoms with Crippen molar-refractivity contribution in [3.05, 3.63) is 29.3 Å². The number of piperidine rings is 1. The summed E-state index contributed by atoms with van der Waals surface area (Å²) in [5, 5.41) is 6.65. The summed E-state index contributed by atoms with van der Waals surface area (Å²) in [4.78, 5) is 14.9. The van der Waals surface area contributed by atoms with E-state index in [4.69, 9.17) is 5.73 Å². The van der Waals surface area contributed by atoms with Crippen LogP contribution >= 0.6 is 11.3 Å². The van der Waals surface area contributed by atoms with Gasteiger partial charge < -0.3 is 5.73 Å². The summed E-state index contributed by atoms with van der Waals surface area (Å²) in [7, 11) is 1.95. The lowest BCUT2D eigenvalue weighted by atomic mass is 9.97. The van der Waals surface area contributed by atoms with Crippen LogP contribution in [0.2, 0.25) is 0 Å². The molecule has 1 unspecified atom stereocenters. The van der Waals surface area contributed by atoms with Crippen LogP contribution in [0.3, 0.4) is 0 Å². The Hall–Kier alpha value is -1.66. The van der Waals surface area contributed by atoms with Gasteiger partial charge in [-0.25, -0.2) is 0 Å². The normalized spacial score (nSPS) is 19.8. The highest BCUT2D eigenvalue weighted by atomic mass is 32.1. The Morgan fingerprint density at radius 2 is 2.43 bits per heavy atom. The first-order valence-electron chi connectivity index (χ1n) is 7.21. The topological polar surface area (TPSA) is 64.2 Å². The van der Waals surface area contributed by atoms with Crippen molar-refractivity contribution in [1.82, 2.24) is 14.7 Å². The molecule has 2 N–H and O–H groups in total. The van der Waals surface area contributed by atoms with Gasteiger partial charge in [-0.05, 0) is 30.8 Å². The molecule has 5 nitrogen and oxygen atoms in total. The van der Waals surface area contributed by atoms with Crippen molar-refractivity contribution < 1.29 is 4.79 Å². The number of rotatable bonds is 4. The van der Waals surface area contributed by atoms with Crippen molar-refractivity contribution in [2.45, 2.75) is 19.4 Å². The molecule has 112 valence electrons. The lowest BCUT2D eigenvalue weighted by Crippen LogP contribution is -2.40. The third kappa shape index (κ3) is 3.16. The lowest BCUT2D eigenvalue weighted by Gasteiger charge is -2.30. The number of likely N-dealkylation sites (tertiary alicyclic amines) is 1. The number of nitrogens with zero attached hydrogens (tertiary/aromatic N) is 3. The average Bonchev–Trinajstić information content (AvgIpc) is 3.08. The summed E-state index contributed by atoms with van der Waals surface area (Å²) in [5.74, 6) is -0.190. The van der Waals surface area contributed by atoms with Gasteiger partial charge in [-0.15, -0.1) is 11.3 Å². The monoisotopic (exact) mass is 304 g/mol. The Kier molecular flexibility index (Phi) is 4.07. The molecule has 0 spiro atoms. The van der Waals surface area contributed by atoms with Crippen LogP contribution in [0.5, 0.6) is 0 Å². The predicted molar refractivity (Wildman–Crippen MR) is 83.7 cm³/mol. The second-order valence-electron chi connectivity index (χ2n) is 5.63. The second-order valence-corrected chi connectivity index (χ2v) is 6.58. The average molecular weight is 304 g/mol. The molecule has 1 aliphatic rings. The fraction of sp³-hybridized carbons (Fsp3) is 0.467. The number of thiophene rings is 1. The molecule has 3 heterocycles. The van der Waals surface area contributed by atoms with Crippen molar-refractivity contribution >= 4 is 17.2 Å². The minimum atomic E-state index is -0.177. The van der Waals surface area contributed by atoms with E-state index < -0.39 is 0 Å². The zero-order valence-electron chi connectivity index (χ0n) is 12.2. The van der Waals surface area contributed by atoms with E-state index in [-0.39, 0.29) is 11.8 Å². The summed E-state index contributed by atoms with van der Waals surface area (Å²) >= 11 is 1.70. The Bertz CT molecular complexity index is 620. The maximum Gasteiger partial charge on any atom is 0.221 e. The smallest absolute Gasteiger partial charge is 0.221 e. The molecule has 0 aliphatic carbocycles. The maximum absolute atomic E-state index is 11.4. The zero-order valence-corrected chi connectivity index (χ0v) is 13.0. The number of hydrogen-bond acceptors (Lipinski definition) is 4. The highest BCUT2D eigenvalue weighted by Gasteiger charge is 2.25. The molecule has 1 saturated heterocycles. The number of amides is 1. The van der Waals surface area contributed by atoms with E-state index in [0.29, 0.717) is 0 Å². The van der Waals surface area contributed by atoms with Gasteiger partial charge in [0.05, 0.1) is 10.8 Å². The first-order valence-corrected chi connectivity index (χ1v) is 8.09. The van der Waals surface area contributed by atoms with Crippen molar-refractivity contribution in [3.63, 3.8) is 0 Å². The van der Waals surface area contributed by atoms with Gasteiger partial charge in [0.1, 0.15) is 5.69 Å². The minimum Gasteiger partial charge on any atom is -0.369 e. The molecular formula is C15H20N4OS. The van der Waals surface area contributed by atoms with Gasteiger partial charge in [-0.1, -0.05) is 6.07 Å². The Labute approximate surface area is 128 Å². The Morgan fingerprint density at radius 3 is 3.14 bits per heavy atom. The molecule has 2 aromatic heterocycles. The fourth-order valence-electron chi connectivity index (χ4n) is 2.95. The van der Waals surface area contributed by atoms with E-state index in [2.05, 4.69) is 27.6 Å². The molecule has 1 fully saturated rings. The molecule has 0 radical (unpaired) electrons. The molecule has 1 amide bonds. The van der Waals surface area contributed by atoms with Gasteiger partial charge in [-0.3, -0.25) is 14.4 Å². The van der Waals surface area contributed by atoms with E-state index in [1.54, 1.807) is 11.3 Å². The van der Waals surface area contributed by atoms with Crippen LogP contribution in [-0.2, 0) is 18.4 Å². The van der Waals surface area contributed by atoms with Gasteiger partial charge >= 0.3 is 0 Å². The summed E-state index contributed by atoms with van der Waals surface area (Å²) < 4.78 is 1.86. The molecule has 3 rings (SSSR count). The standard InChI is InChI=1S/C15H20N4OS/c1-18-8-12(14(17-18)13-5-3-7-21-13)10-19-6-2-4-11(9-19)15(16)20/h3,5,7-8,11H,2,4,6,9-10H2,1H3,(H2,16,20). The van der Waals surface area contributed by atoms with Crippen LogP contribution in [0.15, 0.2) is 23.7 Å². The lowest BCUT2D eigenvalue weighted by molar-refractivity contribution is -0.123. The molecule has 21 heavy (non-hydrogen) atoms. The molecule has 6 heteroatoms. The van der Waals surface area contributed by atoms with Gasteiger partial charge in [0.2, 0.25) is 5.91 Å². The van der Waals surface area contributed by atoms with Crippen molar-refractivity contribution in [2.75, 3.05) is 13.1 Å². The molecular weight excluding hydrogens is 284 g/mol. The molecule has 0 bridgehead atoms. The minimum absolute atomic E-state index is 0.0133. The van der Waals surface area contributed by atoms with Crippen LogP contribution in [0, 0.1) is 5.92 Å². The van der Waals surface area contributed by atoms with Gasteiger partial charge in [0.25, 0.3) is 0 Å². The number of hydrogen-bond donors (Lipinski definition) is 1. The summed E-state index contributed by atoms with van der Waals surface area (Å²) in [5.41, 5.74) is 7.72. The summed E-state index contributed by atoms with van der Waals surface area (Å²) in [6.45, 7) is 2.60. The highest BCUT2D eigenvalue weighted by molar-refractivity contribution is 7.13. The van der Waals surface area contributed by atoms with Crippen LogP contribution in [0.25, 0.3) is 10.6 Å². The SMILES string of the molecule is Cn1cc(CN2CCCC(C(N)=O)C2)c(-c2cccs2)n1. The van der Waals surface area contributed by atoms with Crippen LogP contribution < -0.4 is 5.73 Å². The van der Waals surface area contributed by atoms with Gasteiger partial charge in [0.15, 0.2) is 0 Å². The van der Waals surface area contributed by atoms with E-state index >= 15 is 0 Å². The van der Waals surface area contributed by atoms with Crippen LogP contribution in [-0.4, -0.2) is 33.7 Å². The van der Waals surface area contributed by atoms with E-state index in [1.165, 1.54) is 10.4 Å². The van der Waals surface area contributed by atoms with Crippen LogP contribution in [0.1, 0.15) is 18.4 Å². The third-order valence-electron chi connectivity index (χ3n) is 3.96. The molecule has 2 aromatic rings. The predicted octanol–water partition coefficient (Wildman–Crippen LogP) is 1.85. The molecule has 1 atom stereocenters. The molecule has 1 aliphatic heterocycles. The number of carbonyl (C=O) groups is 1. The Morgan fingerprint density at radius 1 is 1.57 bits per heavy atom. The van der Waals surface area contributed by atoms with E-state index in [0.717, 1.165) is 38.2 Å². The summed E-state index contributed by atoms with van der Waals surface area (Å²) in [6.07, 6.45) is 4.02. The van der Waals surface area contributed by atoms with Crippen LogP contribution in [0.4, 0.5) is 0 Å². The number of aromatic nitrogens is 2. The quantitative estimate of drug-likeness (QED) is 0.937.